The highest BCUT2D eigenvalue weighted by atomic mass is 19.3. The van der Waals surface area contributed by atoms with Gasteiger partial charge < -0.3 is 4.74 Å². The van der Waals surface area contributed by atoms with E-state index in [2.05, 4.69) is 4.74 Å². The van der Waals surface area contributed by atoms with Crippen LogP contribution in [0.25, 0.3) is 0 Å². The fourth-order valence-corrected chi connectivity index (χ4v) is 1.17. The van der Waals surface area contributed by atoms with Gasteiger partial charge in [0, 0.05) is 11.6 Å². The number of carbonyl (C=O) groups is 2. The number of ether oxygens (including phenoxy) is 1. The lowest BCUT2D eigenvalue weighted by Crippen LogP contribution is -2.07. The molecule has 0 aliphatic rings. The second kappa shape index (κ2) is 5.10. The Morgan fingerprint density at radius 3 is 2.35 bits per heavy atom. The van der Waals surface area contributed by atoms with E-state index in [4.69, 9.17) is 0 Å². The minimum atomic E-state index is -3.31. The van der Waals surface area contributed by atoms with Crippen LogP contribution in [-0.4, -0.2) is 24.1 Å². The molecule has 0 spiro atoms. The molecular formula is C9H5F2NO5. The van der Waals surface area contributed by atoms with Gasteiger partial charge in [-0.1, -0.05) is 0 Å². The van der Waals surface area contributed by atoms with Crippen molar-refractivity contribution in [3.8, 4) is 5.75 Å². The van der Waals surface area contributed by atoms with Crippen LogP contribution < -0.4 is 4.74 Å². The van der Waals surface area contributed by atoms with Gasteiger partial charge in [0.2, 0.25) is 5.75 Å². The number of hydrogen-bond donors (Lipinski definition) is 0. The van der Waals surface area contributed by atoms with Gasteiger partial charge in [-0.25, -0.2) is 0 Å². The number of aldehydes is 2. The van der Waals surface area contributed by atoms with Crippen LogP contribution in [0.15, 0.2) is 12.1 Å². The fourth-order valence-electron chi connectivity index (χ4n) is 1.17. The molecule has 0 aliphatic heterocycles. The zero-order valence-electron chi connectivity index (χ0n) is 8.13. The average Bonchev–Trinajstić information content (AvgIpc) is 2.28. The van der Waals surface area contributed by atoms with Crippen molar-refractivity contribution in [2.75, 3.05) is 0 Å². The number of nitrogens with zero attached hydrogens (tertiary/aromatic N) is 1. The van der Waals surface area contributed by atoms with Gasteiger partial charge in [-0.3, -0.25) is 19.7 Å². The molecule has 0 aliphatic carbocycles. The number of nitro benzene ring substituents is 1. The van der Waals surface area contributed by atoms with E-state index >= 15 is 0 Å². The van der Waals surface area contributed by atoms with E-state index in [9.17, 15) is 28.5 Å². The predicted octanol–water partition coefficient (Wildman–Crippen LogP) is 1.82. The first kappa shape index (κ1) is 12.7. The summed E-state index contributed by atoms with van der Waals surface area (Å²) in [6, 6.07) is 1.67. The Labute approximate surface area is 92.9 Å². The molecule has 17 heavy (non-hydrogen) atoms. The van der Waals surface area contributed by atoms with Crippen molar-refractivity contribution in [3.63, 3.8) is 0 Å². The van der Waals surface area contributed by atoms with E-state index in [-0.39, 0.29) is 18.1 Å². The Bertz CT molecular complexity index is 475. The molecule has 1 aromatic carbocycles. The summed E-state index contributed by atoms with van der Waals surface area (Å²) in [5.41, 5.74) is -1.53. The molecule has 0 radical (unpaired) electrons. The molecule has 0 unspecified atom stereocenters. The lowest BCUT2D eigenvalue weighted by atomic mass is 10.1. The van der Waals surface area contributed by atoms with E-state index in [1.54, 1.807) is 0 Å². The van der Waals surface area contributed by atoms with Gasteiger partial charge in [-0.2, -0.15) is 8.78 Å². The minimum Gasteiger partial charge on any atom is -0.427 e. The van der Waals surface area contributed by atoms with E-state index < -0.39 is 28.5 Å². The van der Waals surface area contributed by atoms with E-state index in [0.29, 0.717) is 0 Å². The molecule has 0 saturated heterocycles. The number of hydrogen-bond acceptors (Lipinski definition) is 5. The second-order valence-corrected chi connectivity index (χ2v) is 2.83. The van der Waals surface area contributed by atoms with Gasteiger partial charge in [0.1, 0.15) is 6.29 Å². The van der Waals surface area contributed by atoms with E-state index in [1.165, 1.54) is 0 Å². The quantitative estimate of drug-likeness (QED) is 0.448. The highest BCUT2D eigenvalue weighted by molar-refractivity contribution is 5.88. The van der Waals surface area contributed by atoms with Crippen LogP contribution >= 0.6 is 0 Å². The van der Waals surface area contributed by atoms with Crippen molar-refractivity contribution in [1.82, 2.24) is 0 Å². The molecular weight excluding hydrogens is 240 g/mol. The topological polar surface area (TPSA) is 86.5 Å². The lowest BCUT2D eigenvalue weighted by molar-refractivity contribution is -0.386. The molecule has 1 rings (SSSR count). The normalized spacial score (nSPS) is 10.1. The molecule has 8 heteroatoms. The summed E-state index contributed by atoms with van der Waals surface area (Å²) in [5.74, 6) is -0.856. The first-order valence-corrected chi connectivity index (χ1v) is 4.17. The Morgan fingerprint density at radius 1 is 1.29 bits per heavy atom. The highest BCUT2D eigenvalue weighted by Gasteiger charge is 2.23. The fraction of sp³-hybridized carbons (Fsp3) is 0.111. The van der Waals surface area contributed by atoms with Crippen LogP contribution in [0.5, 0.6) is 5.75 Å². The summed E-state index contributed by atoms with van der Waals surface area (Å²) < 4.78 is 28.0. The molecule has 0 bridgehead atoms. The molecule has 6 nitrogen and oxygen atoms in total. The molecule has 0 fully saturated rings. The van der Waals surface area contributed by atoms with Gasteiger partial charge in [-0.15, -0.1) is 0 Å². The molecule has 1 aromatic rings. The number of alkyl halides is 2. The number of halogens is 2. The Balaban J connectivity index is 3.45. The molecule has 0 aromatic heterocycles. The van der Waals surface area contributed by atoms with Crippen molar-refractivity contribution in [1.29, 1.82) is 0 Å². The van der Waals surface area contributed by atoms with Crippen LogP contribution in [-0.2, 0) is 0 Å². The average molecular weight is 245 g/mol. The van der Waals surface area contributed by atoms with E-state index in [1.807, 2.05) is 0 Å². The molecule has 0 amide bonds. The summed E-state index contributed by atoms with van der Waals surface area (Å²) in [7, 11) is 0. The smallest absolute Gasteiger partial charge is 0.387 e. The van der Waals surface area contributed by atoms with Gasteiger partial charge in [-0.05, 0) is 6.07 Å². The van der Waals surface area contributed by atoms with Crippen LogP contribution in [0.2, 0.25) is 0 Å². The number of benzene rings is 1. The van der Waals surface area contributed by atoms with Crippen molar-refractivity contribution < 1.29 is 28.0 Å². The van der Waals surface area contributed by atoms with Gasteiger partial charge in [0.15, 0.2) is 6.29 Å². The number of nitro groups is 1. The monoisotopic (exact) mass is 245 g/mol. The van der Waals surface area contributed by atoms with Gasteiger partial charge >= 0.3 is 12.3 Å². The standard InChI is InChI=1S/C9H5F2NO5/c10-9(11)17-8-6(4-14)1-5(3-13)2-7(8)12(15)16/h1-4,9H. The summed E-state index contributed by atoms with van der Waals surface area (Å²) in [4.78, 5) is 30.6. The second-order valence-electron chi connectivity index (χ2n) is 2.83. The lowest BCUT2D eigenvalue weighted by Gasteiger charge is -2.07. The van der Waals surface area contributed by atoms with Crippen molar-refractivity contribution in [2.45, 2.75) is 6.61 Å². The van der Waals surface area contributed by atoms with Gasteiger partial charge in [0.25, 0.3) is 0 Å². The first-order chi connectivity index (χ1) is 7.99. The van der Waals surface area contributed by atoms with Gasteiger partial charge in [0.05, 0.1) is 10.5 Å². The summed E-state index contributed by atoms with van der Waals surface area (Å²) in [6.45, 7) is -3.31. The summed E-state index contributed by atoms with van der Waals surface area (Å²) in [6.07, 6.45) is 0.351. The molecule has 90 valence electrons. The zero-order chi connectivity index (χ0) is 13.0. The summed E-state index contributed by atoms with van der Waals surface area (Å²) >= 11 is 0. The van der Waals surface area contributed by atoms with Crippen molar-refractivity contribution in [3.05, 3.63) is 33.4 Å². The Morgan fingerprint density at radius 2 is 1.94 bits per heavy atom. The van der Waals surface area contributed by atoms with Crippen LogP contribution in [0.1, 0.15) is 20.7 Å². The van der Waals surface area contributed by atoms with Crippen molar-refractivity contribution >= 4 is 18.3 Å². The third-order valence-electron chi connectivity index (χ3n) is 1.79. The third-order valence-corrected chi connectivity index (χ3v) is 1.79. The minimum absolute atomic E-state index is 0.0950. The van der Waals surface area contributed by atoms with Crippen LogP contribution in [0.3, 0.4) is 0 Å². The maximum Gasteiger partial charge on any atom is 0.387 e. The largest absolute Gasteiger partial charge is 0.427 e. The Hall–Kier alpha value is -2.38. The molecule has 0 atom stereocenters. The van der Waals surface area contributed by atoms with Crippen molar-refractivity contribution in [2.24, 2.45) is 0 Å². The number of rotatable bonds is 5. The third kappa shape index (κ3) is 2.80. The zero-order valence-corrected chi connectivity index (χ0v) is 8.13. The molecule has 0 saturated carbocycles. The van der Waals surface area contributed by atoms with E-state index in [0.717, 1.165) is 12.1 Å². The maximum atomic E-state index is 12.0. The first-order valence-electron chi connectivity index (χ1n) is 4.17. The molecule has 0 N–H and O–H groups in total. The predicted molar refractivity (Wildman–Crippen MR) is 50.5 cm³/mol. The Kier molecular flexibility index (Phi) is 3.81. The van der Waals surface area contributed by atoms with Crippen LogP contribution in [0.4, 0.5) is 14.5 Å². The summed E-state index contributed by atoms with van der Waals surface area (Å²) in [5, 5.41) is 10.6. The highest BCUT2D eigenvalue weighted by Crippen LogP contribution is 2.32. The number of carbonyl (C=O) groups excluding carboxylic acids is 2. The van der Waals surface area contributed by atoms with Crippen LogP contribution in [0, 0.1) is 10.1 Å². The maximum absolute atomic E-state index is 12.0. The molecule has 0 heterocycles. The SMILES string of the molecule is O=Cc1cc(C=O)c(OC(F)F)c([N+](=O)[O-])c1.